The van der Waals surface area contributed by atoms with Crippen LogP contribution in [-0.4, -0.2) is 11.3 Å². The van der Waals surface area contributed by atoms with E-state index in [0.29, 0.717) is 6.29 Å². The quantitative estimate of drug-likeness (QED) is 0.387. The Morgan fingerprint density at radius 3 is 1.79 bits per heavy atom. The molecule has 0 saturated heterocycles. The van der Waals surface area contributed by atoms with Crippen molar-refractivity contribution in [3.8, 4) is 22.4 Å². The minimum absolute atomic E-state index is 0.0185. The molecule has 8 heteroatoms. The zero-order valence-electron chi connectivity index (χ0n) is 14.0. The number of aromatic nitrogens is 1. The monoisotopic (exact) mass is 395 g/mol. The Bertz CT molecular complexity index is 1020. The number of carbonyl (C=O) groups is 1. The number of alkyl halides is 6. The summed E-state index contributed by atoms with van der Waals surface area (Å²) < 4.78 is 78.2. The first-order valence-electron chi connectivity index (χ1n) is 7.91. The number of rotatable bonds is 3. The van der Waals surface area contributed by atoms with Crippen LogP contribution in [0.1, 0.15) is 21.6 Å². The molecule has 0 aliphatic rings. The lowest BCUT2D eigenvalue weighted by atomic mass is 9.96. The Hall–Kier alpha value is -3.16. The number of carbonyl (C=O) groups excluding carboxylic acids is 1. The molecule has 0 atom stereocenters. The molecule has 28 heavy (non-hydrogen) atoms. The Labute approximate surface area is 155 Å². The fraction of sp³-hybridized carbons (Fsp3) is 0.100. The molecule has 0 spiro atoms. The van der Waals surface area contributed by atoms with Gasteiger partial charge in [-0.3, -0.25) is 4.79 Å². The van der Waals surface area contributed by atoms with Crippen molar-refractivity contribution in [1.82, 2.24) is 4.98 Å². The van der Waals surface area contributed by atoms with E-state index >= 15 is 0 Å². The van der Waals surface area contributed by atoms with Crippen LogP contribution in [0.5, 0.6) is 0 Å². The van der Waals surface area contributed by atoms with Crippen LogP contribution >= 0.6 is 0 Å². The standard InChI is InChI=1S/C20H11F6NO/c21-19(22,23)14-5-1-3-12(9-14)17-8-7-16(11-28)27-18(17)13-4-2-6-15(10-13)20(24,25)26/h1-11H. The summed E-state index contributed by atoms with van der Waals surface area (Å²) in [6.07, 6.45) is -8.77. The van der Waals surface area contributed by atoms with Gasteiger partial charge in [0.2, 0.25) is 0 Å². The van der Waals surface area contributed by atoms with Gasteiger partial charge in [0.15, 0.2) is 6.29 Å². The zero-order chi connectivity index (χ0) is 20.5. The molecule has 0 saturated carbocycles. The van der Waals surface area contributed by atoms with E-state index in [1.165, 1.54) is 36.4 Å². The second-order valence-corrected chi connectivity index (χ2v) is 5.91. The van der Waals surface area contributed by atoms with Crippen LogP contribution in [0.4, 0.5) is 26.3 Å². The molecule has 0 bridgehead atoms. The molecular weight excluding hydrogens is 384 g/mol. The molecule has 2 aromatic carbocycles. The third-order valence-electron chi connectivity index (χ3n) is 4.00. The summed E-state index contributed by atoms with van der Waals surface area (Å²) in [6.45, 7) is 0. The van der Waals surface area contributed by atoms with Crippen LogP contribution in [0.3, 0.4) is 0 Å². The molecule has 0 aliphatic heterocycles. The maximum absolute atomic E-state index is 13.0. The molecule has 0 fully saturated rings. The Kier molecular flexibility index (Phi) is 4.97. The first kappa shape index (κ1) is 19.6. The van der Waals surface area contributed by atoms with Crippen molar-refractivity contribution in [2.75, 3.05) is 0 Å². The summed E-state index contributed by atoms with van der Waals surface area (Å²) in [4.78, 5) is 15.1. The van der Waals surface area contributed by atoms with Crippen LogP contribution in [-0.2, 0) is 12.4 Å². The average molecular weight is 395 g/mol. The Morgan fingerprint density at radius 2 is 1.25 bits per heavy atom. The topological polar surface area (TPSA) is 30.0 Å². The molecule has 3 rings (SSSR count). The maximum atomic E-state index is 13.0. The highest BCUT2D eigenvalue weighted by Crippen LogP contribution is 2.37. The number of halogens is 6. The van der Waals surface area contributed by atoms with E-state index < -0.39 is 23.5 Å². The Balaban J connectivity index is 2.22. The number of nitrogens with zero attached hydrogens (tertiary/aromatic N) is 1. The van der Waals surface area contributed by atoms with Gasteiger partial charge in [0.25, 0.3) is 0 Å². The highest BCUT2D eigenvalue weighted by atomic mass is 19.4. The van der Waals surface area contributed by atoms with Gasteiger partial charge in [-0.25, -0.2) is 4.98 Å². The van der Waals surface area contributed by atoms with Gasteiger partial charge in [-0.05, 0) is 42.0 Å². The van der Waals surface area contributed by atoms with Gasteiger partial charge in [-0.15, -0.1) is 0 Å². The third-order valence-corrected chi connectivity index (χ3v) is 4.00. The highest BCUT2D eigenvalue weighted by Gasteiger charge is 2.32. The second-order valence-electron chi connectivity index (χ2n) is 5.91. The normalized spacial score (nSPS) is 12.1. The molecule has 0 unspecified atom stereocenters. The van der Waals surface area contributed by atoms with Crippen LogP contribution in [0, 0.1) is 0 Å². The van der Waals surface area contributed by atoms with Gasteiger partial charge in [0.05, 0.1) is 16.8 Å². The molecule has 3 aromatic rings. The summed E-state index contributed by atoms with van der Waals surface area (Å²) in [6, 6.07) is 11.3. The van der Waals surface area contributed by atoms with Crippen molar-refractivity contribution in [3.63, 3.8) is 0 Å². The van der Waals surface area contributed by atoms with Gasteiger partial charge in [-0.2, -0.15) is 26.3 Å². The fourth-order valence-electron chi connectivity index (χ4n) is 2.70. The lowest BCUT2D eigenvalue weighted by Gasteiger charge is -2.14. The van der Waals surface area contributed by atoms with Gasteiger partial charge in [0, 0.05) is 11.1 Å². The first-order chi connectivity index (χ1) is 13.1. The maximum Gasteiger partial charge on any atom is 0.416 e. The van der Waals surface area contributed by atoms with E-state index in [2.05, 4.69) is 4.98 Å². The SMILES string of the molecule is O=Cc1ccc(-c2cccc(C(F)(F)F)c2)c(-c2cccc(C(F)(F)F)c2)n1. The van der Waals surface area contributed by atoms with Gasteiger partial charge < -0.3 is 0 Å². The minimum atomic E-state index is -4.60. The molecule has 1 heterocycles. The summed E-state index contributed by atoms with van der Waals surface area (Å²) in [5.41, 5.74) is -1.58. The van der Waals surface area contributed by atoms with E-state index in [4.69, 9.17) is 0 Å². The second kappa shape index (κ2) is 7.10. The lowest BCUT2D eigenvalue weighted by Crippen LogP contribution is -2.06. The first-order valence-corrected chi connectivity index (χ1v) is 7.91. The smallest absolute Gasteiger partial charge is 0.296 e. The van der Waals surface area contributed by atoms with E-state index in [0.717, 1.165) is 24.3 Å². The molecule has 144 valence electrons. The number of benzene rings is 2. The van der Waals surface area contributed by atoms with Crippen LogP contribution in [0.2, 0.25) is 0 Å². The van der Waals surface area contributed by atoms with Crippen LogP contribution < -0.4 is 0 Å². The predicted molar refractivity (Wildman–Crippen MR) is 90.5 cm³/mol. The van der Waals surface area contributed by atoms with Crippen LogP contribution in [0.15, 0.2) is 60.7 Å². The largest absolute Gasteiger partial charge is 0.416 e. The Morgan fingerprint density at radius 1 is 0.714 bits per heavy atom. The van der Waals surface area contributed by atoms with Crippen LogP contribution in [0.25, 0.3) is 22.4 Å². The van der Waals surface area contributed by atoms with E-state index in [1.807, 2.05) is 0 Å². The van der Waals surface area contributed by atoms with Crippen molar-refractivity contribution < 1.29 is 31.1 Å². The van der Waals surface area contributed by atoms with Crippen molar-refractivity contribution in [2.24, 2.45) is 0 Å². The predicted octanol–water partition coefficient (Wildman–Crippen LogP) is 6.27. The molecule has 0 amide bonds. The van der Waals surface area contributed by atoms with Crippen molar-refractivity contribution in [3.05, 3.63) is 77.5 Å². The number of aldehydes is 1. The number of pyridine rings is 1. The average Bonchev–Trinajstić information content (AvgIpc) is 2.66. The third kappa shape index (κ3) is 4.05. The number of hydrogen-bond donors (Lipinski definition) is 0. The zero-order valence-corrected chi connectivity index (χ0v) is 14.0. The molecule has 0 radical (unpaired) electrons. The van der Waals surface area contributed by atoms with Crippen molar-refractivity contribution in [2.45, 2.75) is 12.4 Å². The van der Waals surface area contributed by atoms with Gasteiger partial charge >= 0.3 is 12.4 Å². The van der Waals surface area contributed by atoms with E-state index in [-0.39, 0.29) is 28.1 Å². The van der Waals surface area contributed by atoms with Crippen molar-refractivity contribution >= 4 is 6.29 Å². The molecular formula is C20H11F6NO. The molecule has 0 aliphatic carbocycles. The van der Waals surface area contributed by atoms with Gasteiger partial charge in [0.1, 0.15) is 5.69 Å². The summed E-state index contributed by atoms with van der Waals surface area (Å²) in [5, 5.41) is 0. The molecule has 0 N–H and O–H groups in total. The number of hydrogen-bond acceptors (Lipinski definition) is 2. The van der Waals surface area contributed by atoms with E-state index in [9.17, 15) is 31.1 Å². The lowest BCUT2D eigenvalue weighted by molar-refractivity contribution is -0.138. The molecule has 2 nitrogen and oxygen atoms in total. The fourth-order valence-corrected chi connectivity index (χ4v) is 2.70. The highest BCUT2D eigenvalue weighted by molar-refractivity contribution is 5.84. The van der Waals surface area contributed by atoms with Crippen molar-refractivity contribution in [1.29, 1.82) is 0 Å². The van der Waals surface area contributed by atoms with Gasteiger partial charge in [-0.1, -0.05) is 24.3 Å². The summed E-state index contributed by atoms with van der Waals surface area (Å²) in [5.74, 6) is 0. The summed E-state index contributed by atoms with van der Waals surface area (Å²) in [7, 11) is 0. The van der Waals surface area contributed by atoms with E-state index in [1.54, 1.807) is 0 Å². The summed E-state index contributed by atoms with van der Waals surface area (Å²) >= 11 is 0. The minimum Gasteiger partial charge on any atom is -0.296 e. The molecule has 1 aromatic heterocycles.